The van der Waals surface area contributed by atoms with Crippen LogP contribution >= 0.6 is 11.6 Å². The maximum absolute atomic E-state index is 11.2. The van der Waals surface area contributed by atoms with Crippen LogP contribution in [0.3, 0.4) is 0 Å². The van der Waals surface area contributed by atoms with E-state index in [4.69, 9.17) is 17.3 Å². The summed E-state index contributed by atoms with van der Waals surface area (Å²) in [6.45, 7) is 1.95. The Labute approximate surface area is 182 Å². The Balaban J connectivity index is 1.60. The zero-order valence-corrected chi connectivity index (χ0v) is 17.3. The highest BCUT2D eigenvalue weighted by Gasteiger charge is 2.23. The first-order chi connectivity index (χ1) is 15.0. The monoisotopic (exact) mass is 434 g/mol. The van der Waals surface area contributed by atoms with Crippen molar-refractivity contribution in [3.8, 4) is 11.3 Å². The lowest BCUT2D eigenvalue weighted by atomic mass is 10.0. The van der Waals surface area contributed by atoms with Gasteiger partial charge in [-0.05, 0) is 23.6 Å². The number of pyridine rings is 1. The topological polar surface area (TPSA) is 108 Å². The van der Waals surface area contributed by atoms with Gasteiger partial charge in [-0.1, -0.05) is 35.9 Å². The summed E-state index contributed by atoms with van der Waals surface area (Å²) in [6.07, 6.45) is 0.617. The molecule has 1 amide bonds. The predicted molar refractivity (Wildman–Crippen MR) is 122 cm³/mol. The fourth-order valence-electron chi connectivity index (χ4n) is 4.03. The molecule has 2 aromatic carbocycles. The van der Waals surface area contributed by atoms with Gasteiger partial charge in [-0.3, -0.25) is 0 Å². The molecule has 2 aromatic heterocycles. The Morgan fingerprint density at radius 3 is 2.58 bits per heavy atom. The Bertz CT molecular complexity index is 1320. The first-order valence-electron chi connectivity index (χ1n) is 9.84. The molecule has 0 saturated carbocycles. The molecule has 8 nitrogen and oxygen atoms in total. The van der Waals surface area contributed by atoms with Crippen LogP contribution in [-0.4, -0.2) is 57.2 Å². The van der Waals surface area contributed by atoms with Crippen LogP contribution in [-0.2, 0) is 0 Å². The van der Waals surface area contributed by atoms with Crippen LogP contribution in [0.5, 0.6) is 0 Å². The maximum Gasteiger partial charge on any atom is 0.407 e. The number of nitrogens with zero attached hydrogens (tertiary/aromatic N) is 5. The number of hydrogen-bond donors (Lipinski definition) is 2. The average molecular weight is 435 g/mol. The minimum absolute atomic E-state index is 0.421. The largest absolute Gasteiger partial charge is 0.465 e. The number of benzene rings is 2. The van der Waals surface area contributed by atoms with Crippen LogP contribution < -0.4 is 10.6 Å². The van der Waals surface area contributed by atoms with E-state index >= 15 is 0 Å². The van der Waals surface area contributed by atoms with Gasteiger partial charge in [0.25, 0.3) is 0 Å². The summed E-state index contributed by atoms with van der Waals surface area (Å²) in [6, 6.07) is 13.5. The van der Waals surface area contributed by atoms with Crippen LogP contribution in [0.1, 0.15) is 0 Å². The number of aromatic nitrogens is 3. The zero-order chi connectivity index (χ0) is 21.5. The quantitative estimate of drug-likeness (QED) is 0.492. The molecule has 0 atom stereocenters. The van der Waals surface area contributed by atoms with E-state index in [0.29, 0.717) is 42.7 Å². The molecule has 5 rings (SSSR count). The Kier molecular flexibility index (Phi) is 4.71. The minimum atomic E-state index is -0.901. The molecule has 0 unspecified atom stereocenters. The fraction of sp³-hybridized carbons (Fsp3) is 0.182. The molecule has 3 N–H and O–H groups in total. The molecule has 9 heteroatoms. The first kappa shape index (κ1) is 19.3. The van der Waals surface area contributed by atoms with Crippen LogP contribution in [0.15, 0.2) is 48.8 Å². The molecule has 0 aliphatic carbocycles. The summed E-state index contributed by atoms with van der Waals surface area (Å²) in [5.41, 5.74) is 8.24. The molecule has 31 heavy (non-hydrogen) atoms. The lowest BCUT2D eigenvalue weighted by Gasteiger charge is -2.34. The Hall–Kier alpha value is -3.65. The highest BCUT2D eigenvalue weighted by molar-refractivity contribution is 6.34. The number of carbonyl (C=O) groups is 1. The van der Waals surface area contributed by atoms with Crippen molar-refractivity contribution in [2.75, 3.05) is 36.8 Å². The van der Waals surface area contributed by atoms with Crippen LogP contribution in [0, 0.1) is 0 Å². The fourth-order valence-corrected chi connectivity index (χ4v) is 4.28. The van der Waals surface area contributed by atoms with E-state index < -0.39 is 6.09 Å². The SMILES string of the molecule is Nc1cc2ccccc2c(-c2cc3ncnc(N4CCN(C(=O)O)CC4)c3cc2Cl)n1. The standard InChI is InChI=1S/C22H19ClN6O2/c23-17-10-16-18(25-12-26-21(16)28-5-7-29(8-6-28)22(30)31)11-15(17)20-14-4-2-1-3-13(14)9-19(24)27-20/h1-4,9-12H,5-8H2,(H2,24,27)(H,30,31). The molecule has 0 spiro atoms. The van der Waals surface area contributed by atoms with Gasteiger partial charge in [0.2, 0.25) is 0 Å². The minimum Gasteiger partial charge on any atom is -0.465 e. The number of nitrogens with two attached hydrogens (primary N) is 1. The molecular weight excluding hydrogens is 416 g/mol. The number of rotatable bonds is 2. The Morgan fingerprint density at radius 1 is 1.03 bits per heavy atom. The van der Waals surface area contributed by atoms with Gasteiger partial charge in [-0.2, -0.15) is 0 Å². The van der Waals surface area contributed by atoms with E-state index in [1.54, 1.807) is 0 Å². The van der Waals surface area contributed by atoms with E-state index in [1.165, 1.54) is 11.2 Å². The average Bonchev–Trinajstić information content (AvgIpc) is 2.78. The normalized spacial score (nSPS) is 14.4. The number of piperazine rings is 1. The number of amides is 1. The molecular formula is C22H19ClN6O2. The summed E-state index contributed by atoms with van der Waals surface area (Å²) in [4.78, 5) is 28.1. The second-order valence-electron chi connectivity index (χ2n) is 7.42. The van der Waals surface area contributed by atoms with Crippen molar-refractivity contribution in [1.29, 1.82) is 0 Å². The van der Waals surface area contributed by atoms with Gasteiger partial charge in [-0.25, -0.2) is 19.7 Å². The number of carboxylic acid groups (broad SMARTS) is 1. The van der Waals surface area contributed by atoms with Crippen molar-refractivity contribution in [2.45, 2.75) is 0 Å². The predicted octanol–water partition coefficient (Wildman–Crippen LogP) is 3.88. The van der Waals surface area contributed by atoms with Crippen molar-refractivity contribution < 1.29 is 9.90 Å². The molecule has 0 bridgehead atoms. The molecule has 1 saturated heterocycles. The van der Waals surface area contributed by atoms with E-state index in [9.17, 15) is 9.90 Å². The summed E-state index contributed by atoms with van der Waals surface area (Å²) >= 11 is 6.73. The molecule has 4 aromatic rings. The third-order valence-corrected chi connectivity index (χ3v) is 5.88. The third-order valence-electron chi connectivity index (χ3n) is 5.57. The first-order valence-corrected chi connectivity index (χ1v) is 10.2. The van der Waals surface area contributed by atoms with Gasteiger partial charge < -0.3 is 20.6 Å². The van der Waals surface area contributed by atoms with Crippen molar-refractivity contribution in [3.05, 3.63) is 53.8 Å². The van der Waals surface area contributed by atoms with Gasteiger partial charge in [0.05, 0.1) is 16.2 Å². The second-order valence-corrected chi connectivity index (χ2v) is 7.83. The second kappa shape index (κ2) is 7.55. The smallest absolute Gasteiger partial charge is 0.407 e. The lowest BCUT2D eigenvalue weighted by molar-refractivity contribution is 0.142. The lowest BCUT2D eigenvalue weighted by Crippen LogP contribution is -2.48. The zero-order valence-electron chi connectivity index (χ0n) is 16.5. The molecule has 1 aliphatic rings. The molecule has 1 aliphatic heterocycles. The summed E-state index contributed by atoms with van der Waals surface area (Å²) in [7, 11) is 0. The number of hydrogen-bond acceptors (Lipinski definition) is 6. The van der Waals surface area contributed by atoms with E-state index in [-0.39, 0.29) is 0 Å². The number of halogens is 1. The van der Waals surface area contributed by atoms with Gasteiger partial charge in [-0.15, -0.1) is 0 Å². The van der Waals surface area contributed by atoms with Crippen molar-refractivity contribution in [1.82, 2.24) is 19.9 Å². The van der Waals surface area contributed by atoms with Crippen molar-refractivity contribution >= 4 is 51.0 Å². The van der Waals surface area contributed by atoms with E-state index in [1.807, 2.05) is 42.5 Å². The Morgan fingerprint density at radius 2 is 1.81 bits per heavy atom. The van der Waals surface area contributed by atoms with Crippen LogP contribution in [0.4, 0.5) is 16.4 Å². The molecule has 0 radical (unpaired) electrons. The summed E-state index contributed by atoms with van der Waals surface area (Å²) < 4.78 is 0. The van der Waals surface area contributed by atoms with E-state index in [2.05, 4.69) is 19.9 Å². The van der Waals surface area contributed by atoms with Gasteiger partial charge in [0.15, 0.2) is 0 Å². The highest BCUT2D eigenvalue weighted by Crippen LogP contribution is 2.37. The van der Waals surface area contributed by atoms with Crippen molar-refractivity contribution in [3.63, 3.8) is 0 Å². The molecule has 1 fully saturated rings. The van der Waals surface area contributed by atoms with E-state index in [0.717, 1.165) is 33.1 Å². The van der Waals surface area contributed by atoms with Gasteiger partial charge in [0, 0.05) is 42.5 Å². The van der Waals surface area contributed by atoms with Gasteiger partial charge in [0.1, 0.15) is 18.0 Å². The number of nitrogen functional groups attached to an aromatic ring is 1. The number of fused-ring (bicyclic) bond motifs is 2. The number of anilines is 2. The summed E-state index contributed by atoms with van der Waals surface area (Å²) in [5, 5.41) is 12.5. The van der Waals surface area contributed by atoms with Crippen LogP contribution in [0.2, 0.25) is 5.02 Å². The van der Waals surface area contributed by atoms with Crippen molar-refractivity contribution in [2.24, 2.45) is 0 Å². The molecule has 156 valence electrons. The highest BCUT2D eigenvalue weighted by atomic mass is 35.5. The van der Waals surface area contributed by atoms with Gasteiger partial charge >= 0.3 is 6.09 Å². The summed E-state index contributed by atoms with van der Waals surface area (Å²) in [5.74, 6) is 1.17. The third kappa shape index (κ3) is 3.44. The van der Waals surface area contributed by atoms with Crippen LogP contribution in [0.25, 0.3) is 32.9 Å². The maximum atomic E-state index is 11.2. The molecule has 3 heterocycles.